The third-order valence-corrected chi connectivity index (χ3v) is 3.74. The fraction of sp³-hybridized carbons (Fsp3) is 0.211. The van der Waals surface area contributed by atoms with Gasteiger partial charge in [-0.1, -0.05) is 35.9 Å². The number of carbonyl (C=O) groups excluding carboxylic acids is 3. The molecule has 0 heterocycles. The number of amides is 2. The van der Waals surface area contributed by atoms with E-state index >= 15 is 0 Å². The summed E-state index contributed by atoms with van der Waals surface area (Å²) in [5.41, 5.74) is 5.74. The van der Waals surface area contributed by atoms with E-state index in [-0.39, 0.29) is 5.78 Å². The maximum atomic E-state index is 12.2. The fourth-order valence-corrected chi connectivity index (χ4v) is 2.39. The minimum atomic E-state index is -0.811. The summed E-state index contributed by atoms with van der Waals surface area (Å²) in [5.74, 6) is -0.0374. The number of rotatable bonds is 3. The minimum Gasteiger partial charge on any atom is -0.452 e. The average molecular weight is 356 g/mol. The molecule has 136 valence electrons. The molecule has 0 radical (unpaired) electrons. The van der Waals surface area contributed by atoms with E-state index in [9.17, 15) is 14.4 Å². The van der Waals surface area contributed by atoms with Crippen LogP contribution in [0.15, 0.2) is 42.5 Å². The SMILES string of the molecule is COC(=O)NN(C(=O)OC)c1ccc(C)cc1-c1ccc(C(C)=O)cc1. The smallest absolute Gasteiger partial charge is 0.433 e. The van der Waals surface area contributed by atoms with Gasteiger partial charge in [0, 0.05) is 11.1 Å². The van der Waals surface area contributed by atoms with Crippen molar-refractivity contribution in [1.29, 1.82) is 0 Å². The van der Waals surface area contributed by atoms with E-state index in [4.69, 9.17) is 4.74 Å². The van der Waals surface area contributed by atoms with Gasteiger partial charge in [-0.15, -0.1) is 0 Å². The van der Waals surface area contributed by atoms with Gasteiger partial charge in [-0.25, -0.2) is 15.0 Å². The molecule has 2 aromatic rings. The van der Waals surface area contributed by atoms with Gasteiger partial charge in [-0.3, -0.25) is 4.79 Å². The maximum Gasteiger partial charge on any atom is 0.433 e. The molecule has 2 aromatic carbocycles. The van der Waals surface area contributed by atoms with E-state index in [1.54, 1.807) is 36.4 Å². The fourth-order valence-electron chi connectivity index (χ4n) is 2.39. The zero-order valence-electron chi connectivity index (χ0n) is 15.0. The first-order valence-electron chi connectivity index (χ1n) is 7.82. The summed E-state index contributed by atoms with van der Waals surface area (Å²) in [6.07, 6.45) is -1.59. The molecule has 1 N–H and O–H groups in total. The van der Waals surface area contributed by atoms with E-state index in [2.05, 4.69) is 10.2 Å². The van der Waals surface area contributed by atoms with E-state index in [0.29, 0.717) is 16.8 Å². The van der Waals surface area contributed by atoms with Gasteiger partial charge in [0.1, 0.15) is 0 Å². The topological polar surface area (TPSA) is 84.9 Å². The highest BCUT2D eigenvalue weighted by atomic mass is 16.6. The van der Waals surface area contributed by atoms with Gasteiger partial charge in [0.15, 0.2) is 5.78 Å². The highest BCUT2D eigenvalue weighted by Crippen LogP contribution is 2.32. The highest BCUT2D eigenvalue weighted by molar-refractivity contribution is 5.97. The lowest BCUT2D eigenvalue weighted by molar-refractivity contribution is 0.101. The molecule has 0 atom stereocenters. The molecule has 0 aliphatic carbocycles. The summed E-state index contributed by atoms with van der Waals surface area (Å²) in [7, 11) is 2.41. The van der Waals surface area contributed by atoms with Crippen LogP contribution in [0.25, 0.3) is 11.1 Å². The summed E-state index contributed by atoms with van der Waals surface area (Å²) < 4.78 is 9.33. The van der Waals surface area contributed by atoms with Gasteiger partial charge in [-0.2, -0.15) is 5.01 Å². The Bertz CT molecular complexity index is 830. The summed E-state index contributed by atoms with van der Waals surface area (Å²) in [4.78, 5) is 35.3. The molecule has 0 aromatic heterocycles. The molecular formula is C19H20N2O5. The van der Waals surface area contributed by atoms with Crippen molar-refractivity contribution in [2.45, 2.75) is 13.8 Å². The second-order valence-corrected chi connectivity index (χ2v) is 5.56. The molecule has 26 heavy (non-hydrogen) atoms. The molecule has 0 bridgehead atoms. The number of nitrogens with zero attached hydrogens (tertiary/aromatic N) is 1. The van der Waals surface area contributed by atoms with Crippen LogP contribution < -0.4 is 10.4 Å². The number of hydrazine groups is 1. The predicted molar refractivity (Wildman–Crippen MR) is 97.0 cm³/mol. The van der Waals surface area contributed by atoms with Gasteiger partial charge in [-0.05, 0) is 31.5 Å². The number of ketones is 1. The number of benzene rings is 2. The molecule has 0 spiro atoms. The lowest BCUT2D eigenvalue weighted by atomic mass is 9.99. The number of hydrogen-bond acceptors (Lipinski definition) is 5. The molecule has 0 aliphatic heterocycles. The number of carbonyl (C=O) groups is 3. The number of hydrogen-bond donors (Lipinski definition) is 1. The lowest BCUT2D eigenvalue weighted by Crippen LogP contribution is -2.46. The normalized spacial score (nSPS) is 10.0. The number of anilines is 1. The van der Waals surface area contributed by atoms with Gasteiger partial charge in [0.05, 0.1) is 19.9 Å². The van der Waals surface area contributed by atoms with E-state index < -0.39 is 12.2 Å². The Morgan fingerprint density at radius 2 is 1.62 bits per heavy atom. The molecule has 0 unspecified atom stereocenters. The molecule has 0 saturated heterocycles. The minimum absolute atomic E-state index is 0.0374. The van der Waals surface area contributed by atoms with E-state index in [1.807, 2.05) is 13.0 Å². The van der Waals surface area contributed by atoms with Gasteiger partial charge < -0.3 is 9.47 Å². The third kappa shape index (κ3) is 4.18. The predicted octanol–water partition coefficient (Wildman–Crippen LogP) is 3.71. The Kier molecular flexibility index (Phi) is 5.95. The first-order valence-corrected chi connectivity index (χ1v) is 7.82. The second-order valence-electron chi connectivity index (χ2n) is 5.56. The van der Waals surface area contributed by atoms with Crippen molar-refractivity contribution in [3.05, 3.63) is 53.6 Å². The van der Waals surface area contributed by atoms with Crippen LogP contribution >= 0.6 is 0 Å². The average Bonchev–Trinajstić information content (AvgIpc) is 2.65. The van der Waals surface area contributed by atoms with Crippen molar-refractivity contribution in [3.8, 4) is 11.1 Å². The summed E-state index contributed by atoms with van der Waals surface area (Å²) in [6.45, 7) is 3.40. The third-order valence-electron chi connectivity index (χ3n) is 3.74. The summed E-state index contributed by atoms with van der Waals surface area (Å²) in [6, 6.07) is 12.3. The Morgan fingerprint density at radius 3 is 2.15 bits per heavy atom. The van der Waals surface area contributed by atoms with Crippen LogP contribution in [0.5, 0.6) is 0 Å². The van der Waals surface area contributed by atoms with Crippen LogP contribution in [-0.2, 0) is 9.47 Å². The molecule has 7 heteroatoms. The van der Waals surface area contributed by atoms with E-state index in [0.717, 1.165) is 16.1 Å². The van der Waals surface area contributed by atoms with Crippen molar-refractivity contribution in [2.24, 2.45) is 0 Å². The first-order chi connectivity index (χ1) is 12.4. The number of methoxy groups -OCH3 is 2. The quantitative estimate of drug-likeness (QED) is 0.669. The summed E-state index contributed by atoms with van der Waals surface area (Å²) in [5, 5.41) is 0.972. The van der Waals surface area contributed by atoms with Gasteiger partial charge in [0.25, 0.3) is 0 Å². The zero-order valence-corrected chi connectivity index (χ0v) is 15.0. The standard InChI is InChI=1S/C19H20N2O5/c1-12-5-10-17(21(19(24)26-4)20-18(23)25-3)16(11-12)15-8-6-14(7-9-15)13(2)22/h5-11H,1-4H3,(H,20,23). The van der Waals surface area contributed by atoms with Crippen molar-refractivity contribution in [2.75, 3.05) is 19.2 Å². The van der Waals surface area contributed by atoms with Gasteiger partial charge in [0.2, 0.25) is 0 Å². The Labute approximate surface area is 151 Å². The molecular weight excluding hydrogens is 336 g/mol. The van der Waals surface area contributed by atoms with Crippen molar-refractivity contribution >= 4 is 23.7 Å². The maximum absolute atomic E-state index is 12.2. The Balaban J connectivity index is 2.55. The monoisotopic (exact) mass is 356 g/mol. The Hall–Kier alpha value is -3.35. The molecule has 7 nitrogen and oxygen atoms in total. The number of aryl methyl sites for hydroxylation is 1. The molecule has 0 fully saturated rings. The van der Waals surface area contributed by atoms with E-state index in [1.165, 1.54) is 21.1 Å². The van der Waals surface area contributed by atoms with Crippen molar-refractivity contribution in [1.82, 2.24) is 5.43 Å². The Morgan fingerprint density at radius 1 is 0.962 bits per heavy atom. The summed E-state index contributed by atoms with van der Waals surface area (Å²) >= 11 is 0. The largest absolute Gasteiger partial charge is 0.452 e. The number of nitrogens with one attached hydrogen (secondary N) is 1. The van der Waals surface area contributed by atoms with Crippen molar-refractivity contribution in [3.63, 3.8) is 0 Å². The van der Waals surface area contributed by atoms with Crippen LogP contribution in [0.4, 0.5) is 15.3 Å². The van der Waals surface area contributed by atoms with Crippen LogP contribution in [0, 0.1) is 6.92 Å². The van der Waals surface area contributed by atoms with Crippen LogP contribution in [0.1, 0.15) is 22.8 Å². The number of Topliss-reactive ketones (excluding diaryl/α,β-unsaturated/α-hetero) is 1. The van der Waals surface area contributed by atoms with Crippen molar-refractivity contribution < 1.29 is 23.9 Å². The molecule has 0 aliphatic rings. The van der Waals surface area contributed by atoms with Crippen LogP contribution in [-0.4, -0.2) is 32.2 Å². The molecule has 0 saturated carbocycles. The van der Waals surface area contributed by atoms with Crippen LogP contribution in [0.2, 0.25) is 0 Å². The molecule has 2 rings (SSSR count). The zero-order chi connectivity index (χ0) is 19.3. The highest BCUT2D eigenvalue weighted by Gasteiger charge is 2.23. The molecule has 2 amide bonds. The first kappa shape index (κ1) is 19.0. The second kappa shape index (κ2) is 8.15. The van der Waals surface area contributed by atoms with Crippen LogP contribution in [0.3, 0.4) is 0 Å². The lowest BCUT2D eigenvalue weighted by Gasteiger charge is -2.24. The van der Waals surface area contributed by atoms with Gasteiger partial charge >= 0.3 is 12.2 Å². The number of ether oxygens (including phenoxy) is 2.